The fourth-order valence-corrected chi connectivity index (χ4v) is 0.671. The second-order valence-corrected chi connectivity index (χ2v) is 2.47. The Balaban J connectivity index is 0. The van der Waals surface area contributed by atoms with Crippen LogP contribution in [-0.4, -0.2) is 23.5 Å². The van der Waals surface area contributed by atoms with Gasteiger partial charge >= 0.3 is 5.97 Å². The molecule has 0 fully saturated rings. The van der Waals surface area contributed by atoms with E-state index in [-0.39, 0.29) is 12.4 Å². The molecule has 0 amide bonds. The van der Waals surface area contributed by atoms with Crippen molar-refractivity contribution in [3.8, 4) is 0 Å². The Kier molecular flexibility index (Phi) is 7.22. The molecule has 0 aliphatic carbocycles. The molecule has 0 aliphatic heterocycles. The number of carboxylic acids is 1. The Morgan fingerprint density at radius 2 is 2.00 bits per heavy atom. The molecule has 0 aromatic heterocycles. The molecule has 0 bridgehead atoms. The summed E-state index contributed by atoms with van der Waals surface area (Å²) in [7, 11) is 0. The van der Waals surface area contributed by atoms with Gasteiger partial charge in [-0.25, -0.2) is 8.78 Å². The largest absolute Gasteiger partial charge is 0.480 e. The molecule has 0 aliphatic rings. The zero-order valence-corrected chi connectivity index (χ0v) is 7.35. The van der Waals surface area contributed by atoms with Crippen LogP contribution in [0.2, 0.25) is 0 Å². The van der Waals surface area contributed by atoms with E-state index in [1.54, 1.807) is 0 Å². The van der Waals surface area contributed by atoms with Crippen LogP contribution in [0.4, 0.5) is 8.78 Å². The van der Waals surface area contributed by atoms with E-state index in [4.69, 9.17) is 10.8 Å². The molecule has 0 aromatic carbocycles. The van der Waals surface area contributed by atoms with Crippen LogP contribution in [0.1, 0.15) is 13.3 Å². The van der Waals surface area contributed by atoms with Gasteiger partial charge in [-0.05, 0) is 5.92 Å². The van der Waals surface area contributed by atoms with Gasteiger partial charge < -0.3 is 10.8 Å². The number of carbonyl (C=O) groups is 1. The van der Waals surface area contributed by atoms with Crippen LogP contribution in [0.25, 0.3) is 0 Å². The number of hydrogen-bond acceptors (Lipinski definition) is 2. The Morgan fingerprint density at radius 1 is 1.58 bits per heavy atom. The maximum absolute atomic E-state index is 11.7. The molecule has 2 atom stereocenters. The van der Waals surface area contributed by atoms with Crippen molar-refractivity contribution in [1.82, 2.24) is 0 Å². The van der Waals surface area contributed by atoms with E-state index < -0.39 is 30.8 Å². The molecule has 0 saturated heterocycles. The Hall–Kier alpha value is -0.420. The highest BCUT2D eigenvalue weighted by molar-refractivity contribution is 5.85. The van der Waals surface area contributed by atoms with Crippen molar-refractivity contribution in [2.45, 2.75) is 25.8 Å². The monoisotopic (exact) mass is 203 g/mol. The van der Waals surface area contributed by atoms with Gasteiger partial charge in [0.2, 0.25) is 6.43 Å². The predicted octanol–water partition coefficient (Wildman–Crippen LogP) is 1.11. The summed E-state index contributed by atoms with van der Waals surface area (Å²) in [6, 6.07) is -1.19. The Bertz CT molecular complexity index is 146. The smallest absolute Gasteiger partial charge is 0.320 e. The fourth-order valence-electron chi connectivity index (χ4n) is 0.671. The third-order valence-electron chi connectivity index (χ3n) is 1.45. The zero-order chi connectivity index (χ0) is 9.02. The van der Waals surface area contributed by atoms with E-state index in [0.717, 1.165) is 0 Å². The van der Waals surface area contributed by atoms with Crippen molar-refractivity contribution >= 4 is 18.4 Å². The van der Waals surface area contributed by atoms with Crippen LogP contribution in [-0.2, 0) is 4.79 Å². The van der Waals surface area contributed by atoms with Crippen molar-refractivity contribution in [2.75, 3.05) is 0 Å². The summed E-state index contributed by atoms with van der Waals surface area (Å²) < 4.78 is 23.3. The molecule has 0 aromatic rings. The summed E-state index contributed by atoms with van der Waals surface area (Å²) >= 11 is 0. The van der Waals surface area contributed by atoms with E-state index in [1.807, 2.05) is 0 Å². The van der Waals surface area contributed by atoms with E-state index in [2.05, 4.69) is 0 Å². The lowest BCUT2D eigenvalue weighted by atomic mass is 10.00. The fraction of sp³-hybridized carbons (Fsp3) is 0.833. The molecule has 0 radical (unpaired) electrons. The van der Waals surface area contributed by atoms with Gasteiger partial charge in [-0.1, -0.05) is 6.92 Å². The Morgan fingerprint density at radius 3 is 2.25 bits per heavy atom. The van der Waals surface area contributed by atoms with Gasteiger partial charge in [0.05, 0.1) is 0 Å². The lowest BCUT2D eigenvalue weighted by molar-refractivity contribution is -0.140. The molecule has 0 rings (SSSR count). The topological polar surface area (TPSA) is 63.3 Å². The summed E-state index contributed by atoms with van der Waals surface area (Å²) in [6.07, 6.45) is -2.96. The average Bonchev–Trinajstić information content (AvgIpc) is 1.84. The second-order valence-electron chi connectivity index (χ2n) is 2.47. The second kappa shape index (κ2) is 6.14. The van der Waals surface area contributed by atoms with Crippen molar-refractivity contribution in [2.24, 2.45) is 11.7 Å². The minimum absolute atomic E-state index is 0. The molecule has 0 heterocycles. The number of aliphatic carboxylic acids is 1. The van der Waals surface area contributed by atoms with Gasteiger partial charge in [-0.3, -0.25) is 4.79 Å². The number of rotatable bonds is 4. The average molecular weight is 204 g/mol. The summed E-state index contributed by atoms with van der Waals surface area (Å²) in [5.41, 5.74) is 5.08. The number of nitrogens with two attached hydrogens (primary N) is 1. The van der Waals surface area contributed by atoms with Crippen molar-refractivity contribution < 1.29 is 18.7 Å². The number of alkyl halides is 2. The first kappa shape index (κ1) is 14.1. The lowest BCUT2D eigenvalue weighted by Crippen LogP contribution is -2.37. The Labute approximate surface area is 75.3 Å². The van der Waals surface area contributed by atoms with Gasteiger partial charge in [0.15, 0.2) is 0 Å². The molecule has 3 nitrogen and oxygen atoms in total. The van der Waals surface area contributed by atoms with Crippen molar-refractivity contribution in [1.29, 1.82) is 0 Å². The van der Waals surface area contributed by atoms with Crippen LogP contribution < -0.4 is 5.73 Å². The molecule has 12 heavy (non-hydrogen) atoms. The standard InChI is InChI=1S/C6H11F2NO2.ClH/c1-3(2-4(7)8)5(9)6(10)11;/h3-5H,2,9H2,1H3,(H,10,11);1H/t3-,5-;/m0./s1. The van der Waals surface area contributed by atoms with Crippen molar-refractivity contribution in [3.05, 3.63) is 0 Å². The molecule has 0 saturated carbocycles. The quantitative estimate of drug-likeness (QED) is 0.720. The minimum Gasteiger partial charge on any atom is -0.480 e. The maximum atomic E-state index is 11.7. The lowest BCUT2D eigenvalue weighted by Gasteiger charge is -2.14. The predicted molar refractivity (Wildman–Crippen MR) is 42.6 cm³/mol. The summed E-state index contributed by atoms with van der Waals surface area (Å²) in [5, 5.41) is 8.30. The van der Waals surface area contributed by atoms with E-state index >= 15 is 0 Å². The van der Waals surface area contributed by atoms with Gasteiger partial charge in [0.1, 0.15) is 6.04 Å². The molecule has 0 unspecified atom stereocenters. The van der Waals surface area contributed by atoms with Crippen LogP contribution >= 0.6 is 12.4 Å². The van der Waals surface area contributed by atoms with E-state index in [0.29, 0.717) is 0 Å². The SMILES string of the molecule is C[C@@H](CC(F)F)[C@H](N)C(=O)O.Cl. The minimum atomic E-state index is -2.49. The van der Waals surface area contributed by atoms with Crippen molar-refractivity contribution in [3.63, 3.8) is 0 Å². The third-order valence-corrected chi connectivity index (χ3v) is 1.45. The zero-order valence-electron chi connectivity index (χ0n) is 6.54. The third kappa shape index (κ3) is 5.26. The van der Waals surface area contributed by atoms with Crippen LogP contribution in [0.15, 0.2) is 0 Å². The highest BCUT2D eigenvalue weighted by atomic mass is 35.5. The maximum Gasteiger partial charge on any atom is 0.320 e. The summed E-state index contributed by atoms with van der Waals surface area (Å²) in [4.78, 5) is 10.2. The van der Waals surface area contributed by atoms with Crippen LogP contribution in [0, 0.1) is 5.92 Å². The molecule has 74 valence electrons. The number of hydrogen-bond donors (Lipinski definition) is 2. The summed E-state index contributed by atoms with van der Waals surface area (Å²) in [6.45, 7) is 1.39. The highest BCUT2D eigenvalue weighted by Gasteiger charge is 2.22. The van der Waals surface area contributed by atoms with Gasteiger partial charge in [-0.15, -0.1) is 12.4 Å². The van der Waals surface area contributed by atoms with Gasteiger partial charge in [0.25, 0.3) is 0 Å². The number of carboxylic acid groups (broad SMARTS) is 1. The highest BCUT2D eigenvalue weighted by Crippen LogP contribution is 2.12. The normalized spacial score (nSPS) is 15.1. The van der Waals surface area contributed by atoms with Crippen LogP contribution in [0.5, 0.6) is 0 Å². The first-order valence-electron chi connectivity index (χ1n) is 3.21. The molecular weight excluding hydrogens is 192 g/mol. The van der Waals surface area contributed by atoms with Gasteiger partial charge in [0, 0.05) is 6.42 Å². The van der Waals surface area contributed by atoms with E-state index in [1.165, 1.54) is 6.92 Å². The molecule has 3 N–H and O–H groups in total. The summed E-state index contributed by atoms with van der Waals surface area (Å²) in [5.74, 6) is -1.93. The molecule has 6 heteroatoms. The molecule has 0 spiro atoms. The first-order chi connectivity index (χ1) is 4.95. The number of halogens is 3. The first-order valence-corrected chi connectivity index (χ1v) is 3.21. The molecular formula is C6H12ClF2NO2. The van der Waals surface area contributed by atoms with Crippen LogP contribution in [0.3, 0.4) is 0 Å². The van der Waals surface area contributed by atoms with Gasteiger partial charge in [-0.2, -0.15) is 0 Å². The van der Waals surface area contributed by atoms with E-state index in [9.17, 15) is 13.6 Å².